The van der Waals surface area contributed by atoms with Crippen LogP contribution in [0.25, 0.3) is 0 Å². The zero-order valence-corrected chi connectivity index (χ0v) is 11.5. The van der Waals surface area contributed by atoms with Crippen molar-refractivity contribution in [3.63, 3.8) is 0 Å². The minimum absolute atomic E-state index is 0.0211. The number of nitrogens with one attached hydrogen (secondary N) is 1. The molecule has 2 heterocycles. The monoisotopic (exact) mass is 274 g/mol. The van der Waals surface area contributed by atoms with Gasteiger partial charge in [-0.25, -0.2) is 0 Å². The van der Waals surface area contributed by atoms with Crippen molar-refractivity contribution in [3.8, 4) is 0 Å². The molecule has 2 fully saturated rings. The van der Waals surface area contributed by atoms with Gasteiger partial charge in [0.25, 0.3) is 0 Å². The van der Waals surface area contributed by atoms with Crippen molar-refractivity contribution in [2.45, 2.75) is 50.7 Å². The number of rotatable bonds is 2. The van der Waals surface area contributed by atoms with E-state index in [0.717, 1.165) is 25.7 Å². The lowest BCUT2D eigenvalue weighted by molar-refractivity contribution is -0.154. The van der Waals surface area contributed by atoms with Crippen LogP contribution in [0, 0.1) is 0 Å². The maximum absolute atomic E-state index is 12.8. The summed E-state index contributed by atoms with van der Waals surface area (Å²) in [4.78, 5) is 26.6. The standard InChI is InChI=1S/C14H18N4O2/c1-10-12(19)16-14(6-2-3-7-14)13(20)18(10)9-11-5-4-8-15-17-11/h4-5,8,10H,2-3,6-7,9H2,1H3,(H,16,19). The molecule has 1 aromatic heterocycles. The second-order valence-corrected chi connectivity index (χ2v) is 5.60. The summed E-state index contributed by atoms with van der Waals surface area (Å²) in [5.41, 5.74) is 0.0294. The largest absolute Gasteiger partial charge is 0.340 e. The van der Waals surface area contributed by atoms with Gasteiger partial charge in [0, 0.05) is 6.20 Å². The van der Waals surface area contributed by atoms with Crippen LogP contribution in [-0.2, 0) is 16.1 Å². The van der Waals surface area contributed by atoms with Gasteiger partial charge in [-0.2, -0.15) is 10.2 Å². The van der Waals surface area contributed by atoms with Gasteiger partial charge in [-0.05, 0) is 31.9 Å². The number of piperazine rings is 1. The zero-order valence-electron chi connectivity index (χ0n) is 11.5. The van der Waals surface area contributed by atoms with Crippen LogP contribution in [0.4, 0.5) is 0 Å². The molecule has 1 unspecified atom stereocenters. The van der Waals surface area contributed by atoms with Crippen LogP contribution >= 0.6 is 0 Å². The quantitative estimate of drug-likeness (QED) is 0.858. The van der Waals surface area contributed by atoms with Crippen LogP contribution in [0.15, 0.2) is 18.3 Å². The fourth-order valence-corrected chi connectivity index (χ4v) is 3.10. The molecule has 0 bridgehead atoms. The molecule has 1 aromatic rings. The summed E-state index contributed by atoms with van der Waals surface area (Å²) in [6.45, 7) is 2.09. The maximum atomic E-state index is 12.8. The van der Waals surface area contributed by atoms with Gasteiger partial charge in [-0.15, -0.1) is 0 Å². The molecule has 1 spiro atoms. The molecule has 1 atom stereocenters. The third-order valence-electron chi connectivity index (χ3n) is 4.30. The Kier molecular flexibility index (Phi) is 3.16. The number of hydrogen-bond acceptors (Lipinski definition) is 4. The molecule has 6 heteroatoms. The Morgan fingerprint density at radius 2 is 2.15 bits per heavy atom. The molecule has 3 rings (SSSR count). The summed E-state index contributed by atoms with van der Waals surface area (Å²) >= 11 is 0. The first-order chi connectivity index (χ1) is 9.62. The summed E-state index contributed by atoms with van der Waals surface area (Å²) in [5.74, 6) is -0.0526. The van der Waals surface area contributed by atoms with Crippen molar-refractivity contribution in [2.75, 3.05) is 0 Å². The molecule has 0 aromatic carbocycles. The molecule has 1 saturated heterocycles. The van der Waals surface area contributed by atoms with Gasteiger partial charge in [0.15, 0.2) is 0 Å². The Bertz CT molecular complexity index is 525. The number of carbonyl (C=O) groups excluding carboxylic acids is 2. The van der Waals surface area contributed by atoms with E-state index in [0.29, 0.717) is 12.2 Å². The average molecular weight is 274 g/mol. The van der Waals surface area contributed by atoms with Crippen molar-refractivity contribution < 1.29 is 9.59 Å². The first kappa shape index (κ1) is 13.0. The minimum Gasteiger partial charge on any atom is -0.340 e. The summed E-state index contributed by atoms with van der Waals surface area (Å²) in [7, 11) is 0. The van der Waals surface area contributed by atoms with Crippen molar-refractivity contribution in [3.05, 3.63) is 24.0 Å². The number of amides is 2. The summed E-state index contributed by atoms with van der Waals surface area (Å²) in [5, 5.41) is 10.8. The predicted molar refractivity (Wildman–Crippen MR) is 71.4 cm³/mol. The highest BCUT2D eigenvalue weighted by Crippen LogP contribution is 2.34. The predicted octanol–water partition coefficient (Wildman–Crippen LogP) is 0.636. The molecule has 20 heavy (non-hydrogen) atoms. The number of aromatic nitrogens is 2. The molecule has 106 valence electrons. The van der Waals surface area contributed by atoms with E-state index in [1.165, 1.54) is 0 Å². The number of hydrogen-bond donors (Lipinski definition) is 1. The van der Waals surface area contributed by atoms with Gasteiger partial charge in [-0.1, -0.05) is 12.8 Å². The van der Waals surface area contributed by atoms with Gasteiger partial charge in [0.05, 0.1) is 12.2 Å². The smallest absolute Gasteiger partial charge is 0.249 e. The molecular weight excluding hydrogens is 256 g/mol. The van der Waals surface area contributed by atoms with E-state index in [4.69, 9.17) is 0 Å². The van der Waals surface area contributed by atoms with E-state index in [1.807, 2.05) is 6.07 Å². The van der Waals surface area contributed by atoms with Gasteiger partial charge >= 0.3 is 0 Å². The van der Waals surface area contributed by atoms with Crippen LogP contribution in [-0.4, -0.2) is 38.5 Å². The second-order valence-electron chi connectivity index (χ2n) is 5.60. The highest BCUT2D eigenvalue weighted by molar-refractivity contribution is 5.99. The van der Waals surface area contributed by atoms with E-state index in [-0.39, 0.29) is 11.8 Å². The van der Waals surface area contributed by atoms with Crippen molar-refractivity contribution in [1.29, 1.82) is 0 Å². The minimum atomic E-state index is -0.675. The van der Waals surface area contributed by atoms with Gasteiger partial charge in [-0.3, -0.25) is 9.59 Å². The van der Waals surface area contributed by atoms with Crippen LogP contribution < -0.4 is 5.32 Å². The van der Waals surface area contributed by atoms with Gasteiger partial charge < -0.3 is 10.2 Å². The van der Waals surface area contributed by atoms with Crippen molar-refractivity contribution >= 4 is 11.8 Å². The Labute approximate surface area is 117 Å². The second kappa shape index (κ2) is 4.85. The van der Waals surface area contributed by atoms with Crippen LogP contribution in [0.3, 0.4) is 0 Å². The molecule has 2 amide bonds. The first-order valence-corrected chi connectivity index (χ1v) is 7.02. The molecular formula is C14H18N4O2. The lowest BCUT2D eigenvalue weighted by atomic mass is 9.91. The van der Waals surface area contributed by atoms with Crippen LogP contribution in [0.2, 0.25) is 0 Å². The third-order valence-corrected chi connectivity index (χ3v) is 4.30. The molecule has 2 aliphatic rings. The molecule has 0 radical (unpaired) electrons. The third kappa shape index (κ3) is 2.05. The van der Waals surface area contributed by atoms with Gasteiger partial charge in [0.2, 0.25) is 11.8 Å². The van der Waals surface area contributed by atoms with Crippen LogP contribution in [0.1, 0.15) is 38.3 Å². The fourth-order valence-electron chi connectivity index (χ4n) is 3.10. The molecule has 1 aliphatic heterocycles. The first-order valence-electron chi connectivity index (χ1n) is 7.02. The zero-order chi connectivity index (χ0) is 14.2. The van der Waals surface area contributed by atoms with Crippen LogP contribution in [0.5, 0.6) is 0 Å². The van der Waals surface area contributed by atoms with Gasteiger partial charge in [0.1, 0.15) is 11.6 Å². The number of nitrogens with zero attached hydrogens (tertiary/aromatic N) is 3. The molecule has 1 N–H and O–H groups in total. The highest BCUT2D eigenvalue weighted by Gasteiger charge is 2.50. The number of carbonyl (C=O) groups is 2. The van der Waals surface area contributed by atoms with E-state index in [9.17, 15) is 9.59 Å². The molecule has 1 saturated carbocycles. The maximum Gasteiger partial charge on any atom is 0.249 e. The fraction of sp³-hybridized carbons (Fsp3) is 0.571. The Balaban J connectivity index is 1.87. The SMILES string of the molecule is CC1C(=O)NC2(CCCC2)C(=O)N1Cc1cccnn1. The van der Waals surface area contributed by atoms with E-state index in [2.05, 4.69) is 15.5 Å². The lowest BCUT2D eigenvalue weighted by Crippen LogP contribution is -2.68. The summed E-state index contributed by atoms with van der Waals surface area (Å²) in [6.07, 6.45) is 5.04. The molecule has 1 aliphatic carbocycles. The van der Waals surface area contributed by atoms with Crippen molar-refractivity contribution in [1.82, 2.24) is 20.4 Å². The summed E-state index contributed by atoms with van der Waals surface area (Å²) < 4.78 is 0. The van der Waals surface area contributed by atoms with Crippen molar-refractivity contribution in [2.24, 2.45) is 0 Å². The highest BCUT2D eigenvalue weighted by atomic mass is 16.2. The normalized spacial score (nSPS) is 25.1. The molecule has 6 nitrogen and oxygen atoms in total. The average Bonchev–Trinajstić information content (AvgIpc) is 2.92. The Hall–Kier alpha value is -1.98. The topological polar surface area (TPSA) is 75.2 Å². The lowest BCUT2D eigenvalue weighted by Gasteiger charge is -2.43. The Morgan fingerprint density at radius 3 is 2.80 bits per heavy atom. The van der Waals surface area contributed by atoms with E-state index < -0.39 is 11.6 Å². The Morgan fingerprint density at radius 1 is 1.40 bits per heavy atom. The summed E-state index contributed by atoms with van der Waals surface area (Å²) in [6, 6.07) is 3.14. The van der Waals surface area contributed by atoms with E-state index in [1.54, 1.807) is 24.1 Å². The van der Waals surface area contributed by atoms with E-state index >= 15 is 0 Å².